The number of nitriles is 1. The number of anilines is 1. The van der Waals surface area contributed by atoms with Crippen molar-refractivity contribution in [2.75, 3.05) is 5.32 Å². The summed E-state index contributed by atoms with van der Waals surface area (Å²) >= 11 is 0. The minimum absolute atomic E-state index is 0.0762. The van der Waals surface area contributed by atoms with Gasteiger partial charge in [0, 0.05) is 83.8 Å². The van der Waals surface area contributed by atoms with Gasteiger partial charge in [0.15, 0.2) is 52.4 Å². The fourth-order valence-corrected chi connectivity index (χ4v) is 11.6. The average Bonchev–Trinajstić information content (AvgIpc) is 1.63. The molecule has 91 heavy (non-hydrogen) atoms. The van der Waals surface area contributed by atoms with Gasteiger partial charge in [0.25, 0.3) is 0 Å². The van der Waals surface area contributed by atoms with Crippen molar-refractivity contribution in [3.05, 3.63) is 285 Å². The van der Waals surface area contributed by atoms with Crippen LogP contribution in [0.25, 0.3) is 152 Å². The minimum atomic E-state index is 0.0762. The number of rotatable bonds is 14. The Morgan fingerprint density at radius 3 is 1.00 bits per heavy atom. The van der Waals surface area contributed by atoms with Crippen LogP contribution in [-0.4, -0.2) is 55.5 Å². The summed E-state index contributed by atoms with van der Waals surface area (Å²) in [7, 11) is 0. The second-order valence-corrected chi connectivity index (χ2v) is 22.4. The molecule has 1 N–H and O–H groups in total. The lowest BCUT2D eigenvalue weighted by atomic mass is 9.92. The van der Waals surface area contributed by atoms with Gasteiger partial charge < -0.3 is 9.88 Å². The molecule has 0 fully saturated rings. The number of fused-ring (bicyclic) bond motifs is 3. The van der Waals surface area contributed by atoms with Crippen molar-refractivity contribution in [2.45, 2.75) is 19.9 Å². The van der Waals surface area contributed by atoms with E-state index in [1.807, 2.05) is 206 Å². The second-order valence-electron chi connectivity index (χ2n) is 22.4. The van der Waals surface area contributed by atoms with Gasteiger partial charge in [0.1, 0.15) is 0 Å². The zero-order chi connectivity index (χ0) is 61.2. The Kier molecular flexibility index (Phi) is 14.6. The quantitative estimate of drug-likeness (QED) is 0.111. The summed E-state index contributed by atoms with van der Waals surface area (Å²) in [6.45, 7) is 4.29. The van der Waals surface area contributed by atoms with Crippen molar-refractivity contribution >= 4 is 27.5 Å². The minimum Gasteiger partial charge on any atom is -0.382 e. The molecular weight excluding hydrogens is 1120 g/mol. The van der Waals surface area contributed by atoms with Gasteiger partial charge in [-0.1, -0.05) is 200 Å². The molecule has 15 rings (SSSR count). The van der Waals surface area contributed by atoms with Crippen molar-refractivity contribution in [2.24, 2.45) is 0 Å². The van der Waals surface area contributed by atoms with Crippen molar-refractivity contribution in [3.63, 3.8) is 0 Å². The molecule has 12 heteroatoms. The molecule has 0 spiro atoms. The molecule has 0 aliphatic heterocycles. The van der Waals surface area contributed by atoms with E-state index in [9.17, 15) is 5.26 Å². The summed E-state index contributed by atoms with van der Waals surface area (Å²) in [6, 6.07) is 96.3. The highest BCUT2D eigenvalue weighted by molar-refractivity contribution is 6.12. The molecule has 0 radical (unpaired) electrons. The first-order chi connectivity index (χ1) is 44.8. The molecule has 11 aromatic carbocycles. The lowest BCUT2D eigenvalue weighted by molar-refractivity contribution is 0.900. The molecule has 0 atom stereocenters. The van der Waals surface area contributed by atoms with Crippen LogP contribution in [0.5, 0.6) is 0 Å². The third-order valence-electron chi connectivity index (χ3n) is 16.0. The molecule has 0 unspecified atom stereocenters. The Morgan fingerprint density at radius 1 is 0.297 bits per heavy atom. The van der Waals surface area contributed by atoms with Gasteiger partial charge in [-0.2, -0.15) is 5.26 Å². The zero-order valence-corrected chi connectivity index (χ0v) is 49.6. The van der Waals surface area contributed by atoms with E-state index < -0.39 is 0 Å². The summed E-state index contributed by atoms with van der Waals surface area (Å²) in [4.78, 5) is 46.7. The number of hydrogen-bond acceptors (Lipinski definition) is 11. The van der Waals surface area contributed by atoms with Crippen LogP contribution in [0.3, 0.4) is 0 Å². The standard InChI is InChI=1S/C79H54N12/c1-50(2)81-68-42-37-59(52-35-33-51(49-80)34-36-52)45-65(68)64-48-62(40-41-63(64)79-89-75(57-29-17-7-18-30-57)84-76(90-79)58-31-19-8-20-32-58)91-69-43-38-60(77-85-71(53-21-9-3-10-22-53)82-72(86-77)54-23-11-4-12-24-54)46-66(69)67-47-61(39-44-70(67)91)78-87-73(55-25-13-5-14-26-55)83-74(88-78)56-27-15-6-16-28-56/h3-48,50,81H,1-2H3. The Balaban J connectivity index is 0.995. The number of benzene rings is 11. The molecule has 12 nitrogen and oxygen atoms in total. The SMILES string of the molecule is CC(C)Nc1ccc(-c2ccc(C#N)cc2)cc1-c1cc(-n2c3ccc(-c4nc(-c5ccccc5)nc(-c5ccccc5)n4)cc3c3cc(-c4nc(-c5ccccc5)nc(-c5ccccc5)n4)ccc32)ccc1-c1nc(-c2ccccc2)nc(-c2ccccc2)n1. The van der Waals surface area contributed by atoms with Crippen LogP contribution >= 0.6 is 0 Å². The first-order valence-electron chi connectivity index (χ1n) is 30.1. The molecule has 0 amide bonds. The maximum atomic E-state index is 9.81. The van der Waals surface area contributed by atoms with E-state index in [4.69, 9.17) is 44.9 Å². The monoisotopic (exact) mass is 1170 g/mol. The molecule has 4 aromatic heterocycles. The van der Waals surface area contributed by atoms with Crippen LogP contribution in [0.1, 0.15) is 19.4 Å². The topological polar surface area (TPSA) is 157 Å². The van der Waals surface area contributed by atoms with E-state index in [0.29, 0.717) is 58.0 Å². The van der Waals surface area contributed by atoms with Gasteiger partial charge in [-0.25, -0.2) is 44.9 Å². The predicted octanol–water partition coefficient (Wildman–Crippen LogP) is 18.4. The van der Waals surface area contributed by atoms with E-state index in [0.717, 1.165) is 106 Å². The van der Waals surface area contributed by atoms with Crippen molar-refractivity contribution < 1.29 is 0 Å². The third-order valence-corrected chi connectivity index (χ3v) is 16.0. The van der Waals surface area contributed by atoms with Gasteiger partial charge in [-0.15, -0.1) is 0 Å². The molecule has 0 aliphatic rings. The smallest absolute Gasteiger partial charge is 0.164 e. The molecule has 0 saturated carbocycles. The summed E-state index contributed by atoms with van der Waals surface area (Å²) < 4.78 is 2.32. The Bertz CT molecular complexity index is 4850. The largest absolute Gasteiger partial charge is 0.382 e. The molecule has 4 heterocycles. The summed E-state index contributed by atoms with van der Waals surface area (Å²) in [5.41, 5.74) is 15.7. The molecule has 430 valence electrons. The molecular formula is C79H54N12. The summed E-state index contributed by atoms with van der Waals surface area (Å²) in [5, 5.41) is 15.5. The van der Waals surface area contributed by atoms with Gasteiger partial charge in [-0.05, 0) is 109 Å². The average molecular weight is 1170 g/mol. The van der Waals surface area contributed by atoms with Gasteiger partial charge in [-0.3, -0.25) is 0 Å². The van der Waals surface area contributed by atoms with E-state index in [1.165, 1.54) is 0 Å². The van der Waals surface area contributed by atoms with E-state index in [-0.39, 0.29) is 6.04 Å². The van der Waals surface area contributed by atoms with Crippen molar-refractivity contribution in [3.8, 4) is 137 Å². The van der Waals surface area contributed by atoms with Crippen LogP contribution in [0.15, 0.2) is 279 Å². The van der Waals surface area contributed by atoms with Crippen LogP contribution in [-0.2, 0) is 0 Å². The molecule has 0 bridgehead atoms. The predicted molar refractivity (Wildman–Crippen MR) is 364 cm³/mol. The third kappa shape index (κ3) is 11.1. The van der Waals surface area contributed by atoms with E-state index in [1.54, 1.807) is 0 Å². The highest BCUT2D eigenvalue weighted by atomic mass is 15.1. The lowest BCUT2D eigenvalue weighted by Crippen LogP contribution is -2.11. The first-order valence-corrected chi connectivity index (χ1v) is 30.1. The lowest BCUT2D eigenvalue weighted by Gasteiger charge is -2.20. The number of hydrogen-bond donors (Lipinski definition) is 1. The van der Waals surface area contributed by atoms with Gasteiger partial charge >= 0.3 is 0 Å². The fourth-order valence-electron chi connectivity index (χ4n) is 11.6. The van der Waals surface area contributed by atoms with Gasteiger partial charge in [0.2, 0.25) is 0 Å². The Morgan fingerprint density at radius 2 is 0.637 bits per heavy atom. The number of nitrogens with one attached hydrogen (secondary N) is 1. The highest BCUT2D eigenvalue weighted by Gasteiger charge is 2.24. The molecule has 0 aliphatic carbocycles. The molecule has 0 saturated heterocycles. The van der Waals surface area contributed by atoms with Crippen LogP contribution in [0.2, 0.25) is 0 Å². The fraction of sp³-hybridized carbons (Fsp3) is 0.0380. The normalized spacial score (nSPS) is 11.3. The van der Waals surface area contributed by atoms with E-state index in [2.05, 4.69) is 103 Å². The highest BCUT2D eigenvalue weighted by Crippen LogP contribution is 2.43. The molecule has 15 aromatic rings. The second kappa shape index (κ2) is 24.0. The van der Waals surface area contributed by atoms with Crippen molar-refractivity contribution in [1.29, 1.82) is 5.26 Å². The van der Waals surface area contributed by atoms with E-state index >= 15 is 0 Å². The van der Waals surface area contributed by atoms with Crippen molar-refractivity contribution in [1.82, 2.24) is 49.4 Å². The maximum absolute atomic E-state index is 9.81. The van der Waals surface area contributed by atoms with Crippen LogP contribution in [0, 0.1) is 11.3 Å². The maximum Gasteiger partial charge on any atom is 0.164 e. The summed E-state index contributed by atoms with van der Waals surface area (Å²) in [6.07, 6.45) is 0. The Hall–Kier alpha value is -12.5. The van der Waals surface area contributed by atoms with Crippen LogP contribution in [0.4, 0.5) is 5.69 Å². The summed E-state index contributed by atoms with van der Waals surface area (Å²) in [5.74, 6) is 4.95. The van der Waals surface area contributed by atoms with Crippen LogP contribution < -0.4 is 5.32 Å². The zero-order valence-electron chi connectivity index (χ0n) is 49.6. The first kappa shape index (κ1) is 55.1. The number of aromatic nitrogens is 10. The van der Waals surface area contributed by atoms with Gasteiger partial charge in [0.05, 0.1) is 22.7 Å². The Labute approximate surface area is 525 Å². The number of nitrogens with zero attached hydrogens (tertiary/aromatic N) is 11.